The van der Waals surface area contributed by atoms with Crippen LogP contribution in [-0.4, -0.2) is 25.4 Å². The molecule has 0 unspecified atom stereocenters. The maximum absolute atomic E-state index is 12.8. The van der Waals surface area contributed by atoms with Gasteiger partial charge >= 0.3 is 0 Å². The first kappa shape index (κ1) is 20.7. The van der Waals surface area contributed by atoms with E-state index >= 15 is 0 Å². The molecule has 3 rings (SSSR count). The molecule has 3 aromatic carbocycles. The Morgan fingerprint density at radius 1 is 0.833 bits per heavy atom. The van der Waals surface area contributed by atoms with Crippen molar-refractivity contribution in [2.45, 2.75) is 9.79 Å². The zero-order valence-corrected chi connectivity index (χ0v) is 16.3. The Morgan fingerprint density at radius 3 is 1.97 bits per heavy atom. The standard InChI is InChI=1S/C19H15N3O7S/c1-29-15-6-2-13(3-7-15)20-18-11-10-17(12-19(18)22(25)26)30(27,28)16-8-4-14(5-9-16)21(23)24/h2-12,20H,1H3. The van der Waals surface area contributed by atoms with Crippen LogP contribution in [0.4, 0.5) is 22.7 Å². The minimum atomic E-state index is -4.11. The van der Waals surface area contributed by atoms with Crippen LogP contribution >= 0.6 is 0 Å². The Bertz CT molecular complexity index is 1210. The third-order valence-corrected chi connectivity index (χ3v) is 5.97. The molecule has 0 spiro atoms. The summed E-state index contributed by atoms with van der Waals surface area (Å²) >= 11 is 0. The van der Waals surface area contributed by atoms with Crippen LogP contribution in [0.2, 0.25) is 0 Å². The van der Waals surface area contributed by atoms with Gasteiger partial charge in [0.15, 0.2) is 0 Å². The van der Waals surface area contributed by atoms with Gasteiger partial charge in [-0.25, -0.2) is 8.42 Å². The predicted octanol–water partition coefficient (Wildman–Crippen LogP) is 4.09. The van der Waals surface area contributed by atoms with Gasteiger partial charge in [0.2, 0.25) is 9.84 Å². The topological polar surface area (TPSA) is 142 Å². The molecule has 0 atom stereocenters. The van der Waals surface area contributed by atoms with Crippen LogP contribution in [0.5, 0.6) is 5.75 Å². The minimum Gasteiger partial charge on any atom is -0.497 e. The maximum Gasteiger partial charge on any atom is 0.293 e. The number of rotatable bonds is 7. The molecule has 10 nitrogen and oxygen atoms in total. The number of nitro benzene ring substituents is 2. The van der Waals surface area contributed by atoms with Crippen LogP contribution in [0.25, 0.3) is 0 Å². The van der Waals surface area contributed by atoms with Gasteiger partial charge in [0.05, 0.1) is 26.7 Å². The number of hydrogen-bond acceptors (Lipinski definition) is 8. The van der Waals surface area contributed by atoms with E-state index in [-0.39, 0.29) is 21.2 Å². The highest BCUT2D eigenvalue weighted by Crippen LogP contribution is 2.33. The van der Waals surface area contributed by atoms with Crippen molar-refractivity contribution in [3.05, 3.63) is 87.0 Å². The van der Waals surface area contributed by atoms with E-state index in [1.807, 2.05) is 0 Å². The van der Waals surface area contributed by atoms with Crippen molar-refractivity contribution >= 4 is 32.6 Å². The van der Waals surface area contributed by atoms with Gasteiger partial charge in [0.25, 0.3) is 11.4 Å². The highest BCUT2D eigenvalue weighted by molar-refractivity contribution is 7.91. The summed E-state index contributed by atoms with van der Waals surface area (Å²) in [4.78, 5) is 20.4. The third-order valence-electron chi connectivity index (χ3n) is 4.20. The number of hydrogen-bond donors (Lipinski definition) is 1. The van der Waals surface area contributed by atoms with E-state index in [9.17, 15) is 28.6 Å². The molecule has 0 aromatic heterocycles. The van der Waals surface area contributed by atoms with Crippen LogP contribution in [0, 0.1) is 20.2 Å². The number of anilines is 2. The molecule has 0 amide bonds. The van der Waals surface area contributed by atoms with Crippen molar-refractivity contribution in [1.82, 2.24) is 0 Å². The van der Waals surface area contributed by atoms with Gasteiger partial charge in [-0.15, -0.1) is 0 Å². The van der Waals surface area contributed by atoms with Gasteiger partial charge in [-0.3, -0.25) is 20.2 Å². The molecule has 1 N–H and O–H groups in total. The number of nitrogens with zero attached hydrogens (tertiary/aromatic N) is 2. The molecule has 0 aliphatic heterocycles. The first-order chi connectivity index (χ1) is 14.2. The summed E-state index contributed by atoms with van der Waals surface area (Å²) in [6.45, 7) is 0. The summed E-state index contributed by atoms with van der Waals surface area (Å²) in [6, 6.07) is 14.4. The zero-order chi connectivity index (χ0) is 21.9. The van der Waals surface area contributed by atoms with E-state index in [2.05, 4.69) is 5.32 Å². The monoisotopic (exact) mass is 429 g/mol. The van der Waals surface area contributed by atoms with Crippen molar-refractivity contribution in [3.8, 4) is 5.75 Å². The third kappa shape index (κ3) is 4.20. The summed E-state index contributed by atoms with van der Waals surface area (Å²) in [6.07, 6.45) is 0. The molecule has 0 fully saturated rings. The number of ether oxygens (including phenoxy) is 1. The lowest BCUT2D eigenvalue weighted by molar-refractivity contribution is -0.384. The van der Waals surface area contributed by atoms with Gasteiger partial charge in [-0.1, -0.05) is 0 Å². The summed E-state index contributed by atoms with van der Waals surface area (Å²) < 4.78 is 30.7. The van der Waals surface area contributed by atoms with E-state index in [1.54, 1.807) is 24.3 Å². The molecule has 0 radical (unpaired) electrons. The van der Waals surface area contributed by atoms with Gasteiger partial charge in [0.1, 0.15) is 11.4 Å². The second-order valence-electron chi connectivity index (χ2n) is 6.04. The fraction of sp³-hybridized carbons (Fsp3) is 0.0526. The predicted molar refractivity (Wildman–Crippen MR) is 108 cm³/mol. The Hall–Kier alpha value is -3.99. The Labute approximate surface area is 171 Å². The van der Waals surface area contributed by atoms with Crippen LogP contribution in [-0.2, 0) is 9.84 Å². The van der Waals surface area contributed by atoms with Crippen LogP contribution < -0.4 is 10.1 Å². The van der Waals surface area contributed by atoms with Crippen LogP contribution in [0.15, 0.2) is 76.5 Å². The van der Waals surface area contributed by atoms with Gasteiger partial charge in [-0.05, 0) is 48.5 Å². The first-order valence-electron chi connectivity index (χ1n) is 8.41. The smallest absolute Gasteiger partial charge is 0.293 e. The molecule has 0 aliphatic rings. The second kappa shape index (κ2) is 8.17. The van der Waals surface area contributed by atoms with E-state index < -0.39 is 25.4 Å². The number of nitrogens with one attached hydrogen (secondary N) is 1. The number of nitro groups is 2. The van der Waals surface area contributed by atoms with E-state index in [0.29, 0.717) is 11.4 Å². The van der Waals surface area contributed by atoms with E-state index in [1.165, 1.54) is 19.2 Å². The normalized spacial score (nSPS) is 11.0. The number of benzene rings is 3. The van der Waals surface area contributed by atoms with E-state index in [4.69, 9.17) is 4.74 Å². The average molecular weight is 429 g/mol. The zero-order valence-electron chi connectivity index (χ0n) is 15.5. The lowest BCUT2D eigenvalue weighted by Crippen LogP contribution is -2.04. The highest BCUT2D eigenvalue weighted by Gasteiger charge is 2.24. The Morgan fingerprint density at radius 2 is 1.43 bits per heavy atom. The van der Waals surface area contributed by atoms with Crippen molar-refractivity contribution in [2.24, 2.45) is 0 Å². The lowest BCUT2D eigenvalue weighted by atomic mass is 10.2. The van der Waals surface area contributed by atoms with E-state index in [0.717, 1.165) is 30.3 Å². The molecule has 0 aliphatic carbocycles. The summed E-state index contributed by atoms with van der Waals surface area (Å²) in [5, 5.41) is 25.1. The molecule has 30 heavy (non-hydrogen) atoms. The van der Waals surface area contributed by atoms with Crippen LogP contribution in [0.3, 0.4) is 0 Å². The largest absolute Gasteiger partial charge is 0.497 e. The molecule has 3 aromatic rings. The van der Waals surface area contributed by atoms with Crippen molar-refractivity contribution < 1.29 is 23.0 Å². The molecule has 0 saturated heterocycles. The molecular formula is C19H15N3O7S. The first-order valence-corrected chi connectivity index (χ1v) is 9.90. The highest BCUT2D eigenvalue weighted by atomic mass is 32.2. The maximum atomic E-state index is 12.8. The second-order valence-corrected chi connectivity index (χ2v) is 7.99. The van der Waals surface area contributed by atoms with Crippen molar-refractivity contribution in [1.29, 1.82) is 0 Å². The molecule has 0 bridgehead atoms. The fourth-order valence-electron chi connectivity index (χ4n) is 2.65. The molecule has 0 heterocycles. The number of sulfone groups is 1. The minimum absolute atomic E-state index is 0.104. The van der Waals surface area contributed by atoms with Gasteiger partial charge < -0.3 is 10.1 Å². The fourth-order valence-corrected chi connectivity index (χ4v) is 3.93. The number of methoxy groups -OCH3 is 1. The number of non-ortho nitro benzene ring substituents is 1. The van der Waals surface area contributed by atoms with Crippen LogP contribution in [0.1, 0.15) is 0 Å². The SMILES string of the molecule is COc1ccc(Nc2ccc(S(=O)(=O)c3ccc([N+](=O)[O-])cc3)cc2[N+](=O)[O-])cc1. The Balaban J connectivity index is 1.97. The quantitative estimate of drug-likeness (QED) is 0.437. The lowest BCUT2D eigenvalue weighted by Gasteiger charge is -2.10. The van der Waals surface area contributed by atoms with Crippen molar-refractivity contribution in [2.75, 3.05) is 12.4 Å². The van der Waals surface area contributed by atoms with Gasteiger partial charge in [-0.2, -0.15) is 0 Å². The Kier molecular flexibility index (Phi) is 5.65. The summed E-state index contributed by atoms with van der Waals surface area (Å²) in [5.74, 6) is 0.611. The van der Waals surface area contributed by atoms with Gasteiger partial charge in [0, 0.05) is 23.9 Å². The average Bonchev–Trinajstić information content (AvgIpc) is 2.74. The molecule has 0 saturated carbocycles. The molecule has 11 heteroatoms. The van der Waals surface area contributed by atoms with Crippen molar-refractivity contribution in [3.63, 3.8) is 0 Å². The molecule has 154 valence electrons. The summed E-state index contributed by atoms with van der Waals surface area (Å²) in [7, 11) is -2.60. The molecular weight excluding hydrogens is 414 g/mol. The summed E-state index contributed by atoms with van der Waals surface area (Å²) in [5.41, 5.74) is -0.0505.